The van der Waals surface area contributed by atoms with E-state index in [9.17, 15) is 4.79 Å². The molecule has 0 spiro atoms. The number of aliphatic carboxylic acids is 1. The quantitative estimate of drug-likeness (QED) is 0.603. The Kier molecular flexibility index (Phi) is 2.86. The van der Waals surface area contributed by atoms with Gasteiger partial charge in [0.2, 0.25) is 0 Å². The molecule has 0 heterocycles. The molecule has 0 amide bonds. The normalized spacial score (nSPS) is 18.0. The summed E-state index contributed by atoms with van der Waals surface area (Å²) in [6, 6.07) is -1.44. The Labute approximate surface area is 61.4 Å². The number of carboxylic acid groups (broad SMARTS) is 1. The first-order valence-electron chi connectivity index (χ1n) is 3.39. The highest BCUT2D eigenvalue weighted by Gasteiger charge is 2.08. The topological polar surface area (TPSA) is 63.3 Å². The third-order valence-corrected chi connectivity index (χ3v) is 1.17. The Morgan fingerprint density at radius 1 is 2.11 bits per heavy atom. The molecule has 0 fully saturated rings. The molecule has 0 bridgehead atoms. The van der Waals surface area contributed by atoms with Crippen LogP contribution >= 0.6 is 11.8 Å². The second-order valence-electron chi connectivity index (χ2n) is 1.45. The van der Waals surface area contributed by atoms with Crippen molar-refractivity contribution in [2.75, 3.05) is 12.0 Å². The summed E-state index contributed by atoms with van der Waals surface area (Å²) in [6.45, 7) is 0. The van der Waals surface area contributed by atoms with Gasteiger partial charge in [-0.3, -0.25) is 4.79 Å². The van der Waals surface area contributed by atoms with E-state index in [2.05, 4.69) is 0 Å². The van der Waals surface area contributed by atoms with E-state index >= 15 is 0 Å². The molecule has 0 aromatic heterocycles. The molecule has 9 heavy (non-hydrogen) atoms. The zero-order valence-electron chi connectivity index (χ0n) is 7.13. The van der Waals surface area contributed by atoms with Crippen LogP contribution in [-0.2, 0) is 4.79 Å². The van der Waals surface area contributed by atoms with Gasteiger partial charge >= 0.3 is 5.97 Å². The van der Waals surface area contributed by atoms with Gasteiger partial charge in [-0.2, -0.15) is 11.8 Å². The van der Waals surface area contributed by atoms with Crippen LogP contribution in [0.5, 0.6) is 0 Å². The predicted octanol–water partition coefficient (Wildman–Crippen LogP) is 0.151. The number of thioether (sulfide) groups is 1. The van der Waals surface area contributed by atoms with Crippen molar-refractivity contribution in [3.05, 3.63) is 0 Å². The molecule has 0 aliphatic heterocycles. The van der Waals surface area contributed by atoms with Gasteiger partial charge < -0.3 is 10.8 Å². The van der Waals surface area contributed by atoms with Crippen LogP contribution in [0, 0.1) is 0 Å². The van der Waals surface area contributed by atoms with Crippen LogP contribution in [0.2, 0.25) is 0 Å². The average Bonchev–Trinajstić information content (AvgIpc) is 1.86. The molecule has 0 rings (SSSR count). The molecular formula is C5H11NO2S. The lowest BCUT2D eigenvalue weighted by Crippen LogP contribution is -2.30. The van der Waals surface area contributed by atoms with Gasteiger partial charge in [0.25, 0.3) is 0 Å². The van der Waals surface area contributed by atoms with Crippen LogP contribution in [0.1, 0.15) is 9.11 Å². The van der Waals surface area contributed by atoms with Crippen molar-refractivity contribution in [1.82, 2.24) is 0 Å². The van der Waals surface area contributed by atoms with E-state index in [0.717, 1.165) is 0 Å². The van der Waals surface area contributed by atoms with Crippen molar-refractivity contribution in [2.24, 2.45) is 5.73 Å². The van der Waals surface area contributed by atoms with Crippen molar-refractivity contribution in [3.8, 4) is 0 Å². The van der Waals surface area contributed by atoms with Gasteiger partial charge in [-0.1, -0.05) is 0 Å². The van der Waals surface area contributed by atoms with Crippen LogP contribution in [0.25, 0.3) is 0 Å². The average molecular weight is 153 g/mol. The first kappa shape index (κ1) is 5.56. The van der Waals surface area contributed by atoms with E-state index in [1.54, 1.807) is 6.26 Å². The fraction of sp³-hybridized carbons (Fsp3) is 0.800. The molecule has 4 heteroatoms. The highest BCUT2D eigenvalue weighted by molar-refractivity contribution is 7.98. The zero-order valence-corrected chi connectivity index (χ0v) is 5.94. The number of carboxylic acids is 1. The van der Waals surface area contributed by atoms with Crippen molar-refractivity contribution >= 4 is 17.7 Å². The summed E-state index contributed by atoms with van der Waals surface area (Å²) in [5.41, 5.74) is 5.09. The van der Waals surface area contributed by atoms with E-state index < -0.39 is 18.4 Å². The first-order chi connectivity index (χ1) is 4.91. The summed E-state index contributed by atoms with van der Waals surface area (Å²) in [5.74, 6) is -1.20. The summed E-state index contributed by atoms with van der Waals surface area (Å²) in [6.07, 6.45) is -0.127. The van der Waals surface area contributed by atoms with E-state index in [-0.39, 0.29) is 5.75 Å². The molecule has 0 aromatic rings. The maximum atomic E-state index is 10.2. The minimum absolute atomic E-state index is 0.0977. The minimum atomic E-state index is -1.83. The van der Waals surface area contributed by atoms with Crippen LogP contribution in [0.15, 0.2) is 0 Å². The number of nitrogens with two attached hydrogens (primary N) is 1. The molecule has 3 nitrogen and oxygen atoms in total. The Morgan fingerprint density at radius 2 is 2.67 bits per heavy atom. The highest BCUT2D eigenvalue weighted by atomic mass is 32.2. The van der Waals surface area contributed by atoms with Crippen LogP contribution < -0.4 is 5.73 Å². The summed E-state index contributed by atoms with van der Waals surface area (Å²) in [7, 11) is 0. The van der Waals surface area contributed by atoms with Gasteiger partial charge in [0, 0.05) is 2.74 Å². The largest absolute Gasteiger partial charge is 0.480 e. The SMILES string of the molecule is [3H]C([3H])(CSC)[C@H](N)C(=O)O. The van der Waals surface area contributed by atoms with Crippen molar-refractivity contribution in [3.63, 3.8) is 0 Å². The van der Waals surface area contributed by atoms with Crippen LogP contribution in [0.4, 0.5) is 0 Å². The van der Waals surface area contributed by atoms with Gasteiger partial charge in [0.15, 0.2) is 0 Å². The van der Waals surface area contributed by atoms with Gasteiger partial charge in [-0.15, -0.1) is 0 Å². The highest BCUT2D eigenvalue weighted by Crippen LogP contribution is 1.97. The maximum Gasteiger partial charge on any atom is 0.320 e. The molecule has 0 aliphatic carbocycles. The van der Waals surface area contributed by atoms with Gasteiger partial charge in [0.05, 0.1) is 0 Å². The van der Waals surface area contributed by atoms with Crippen molar-refractivity contribution < 1.29 is 12.6 Å². The van der Waals surface area contributed by atoms with Crippen molar-refractivity contribution in [2.45, 2.75) is 12.4 Å². The molecular weight excluding hydrogens is 138 g/mol. The second kappa shape index (κ2) is 4.64. The summed E-state index contributed by atoms with van der Waals surface area (Å²) < 4.78 is 14.4. The molecule has 3 N–H and O–H groups in total. The Bertz CT molecular complexity index is 153. The minimum Gasteiger partial charge on any atom is -0.480 e. The zero-order chi connectivity index (χ0) is 9.07. The number of hydrogen-bond donors (Lipinski definition) is 2. The number of hydrogen-bond acceptors (Lipinski definition) is 3. The van der Waals surface area contributed by atoms with E-state index in [0.29, 0.717) is 0 Å². The van der Waals surface area contributed by atoms with Gasteiger partial charge in [0.1, 0.15) is 6.04 Å². The third kappa shape index (κ3) is 4.29. The van der Waals surface area contributed by atoms with E-state index in [1.807, 2.05) is 0 Å². The lowest BCUT2D eigenvalue weighted by molar-refractivity contribution is -0.138. The van der Waals surface area contributed by atoms with Gasteiger partial charge in [-0.05, 0) is 18.4 Å². The molecule has 0 aromatic carbocycles. The lowest BCUT2D eigenvalue weighted by Gasteiger charge is -2.02. The smallest absolute Gasteiger partial charge is 0.320 e. The third-order valence-electron chi connectivity index (χ3n) is 0.714. The molecule has 54 valence electrons. The Morgan fingerprint density at radius 3 is 3.00 bits per heavy atom. The predicted molar refractivity (Wildman–Crippen MR) is 38.6 cm³/mol. The van der Waals surface area contributed by atoms with Crippen LogP contribution in [0.3, 0.4) is 0 Å². The summed E-state index contributed by atoms with van der Waals surface area (Å²) in [5, 5.41) is 8.37. The molecule has 0 saturated heterocycles. The molecule has 1 atom stereocenters. The first-order valence-corrected chi connectivity index (χ1v) is 3.78. The fourth-order valence-corrected chi connectivity index (χ4v) is 0.607. The number of rotatable bonds is 4. The molecule has 0 saturated carbocycles. The molecule has 0 aliphatic rings. The fourth-order valence-electron chi connectivity index (χ4n) is 0.260. The summed E-state index contributed by atoms with van der Waals surface area (Å²) in [4.78, 5) is 10.2. The van der Waals surface area contributed by atoms with Crippen molar-refractivity contribution in [1.29, 1.82) is 0 Å². The summed E-state index contributed by atoms with van der Waals surface area (Å²) >= 11 is 1.24. The standard InChI is InChI=1S/C5H11NO2S/c1-9-3-2-4(6)5(7)8/h4H,2-3,6H2,1H3,(H,7,8)/t4-/m0/s1/i2T2. The van der Waals surface area contributed by atoms with E-state index in [1.165, 1.54) is 11.8 Å². The maximum absolute atomic E-state index is 10.2. The lowest BCUT2D eigenvalue weighted by atomic mass is 10.2. The Balaban J connectivity index is 4.16. The molecule has 0 radical (unpaired) electrons. The van der Waals surface area contributed by atoms with Gasteiger partial charge in [-0.25, -0.2) is 0 Å². The molecule has 0 unspecified atom stereocenters. The second-order valence-corrected chi connectivity index (χ2v) is 2.32. The van der Waals surface area contributed by atoms with E-state index in [4.69, 9.17) is 13.6 Å². The van der Waals surface area contributed by atoms with Crippen LogP contribution in [-0.4, -0.2) is 29.1 Å². The number of carbonyl (C=O) groups is 1. The Hall–Kier alpha value is -0.220. The monoisotopic (exact) mass is 153 g/mol.